The Morgan fingerprint density at radius 1 is 1.17 bits per heavy atom. The third kappa shape index (κ3) is 4.50. The summed E-state index contributed by atoms with van der Waals surface area (Å²) in [6, 6.07) is 7.40. The van der Waals surface area contributed by atoms with Crippen LogP contribution in [-0.4, -0.2) is 27.2 Å². The highest BCUT2D eigenvalue weighted by Crippen LogP contribution is 2.33. The van der Waals surface area contributed by atoms with Crippen LogP contribution in [0.2, 0.25) is 0 Å². The van der Waals surface area contributed by atoms with Gasteiger partial charge in [-0.2, -0.15) is 0 Å². The summed E-state index contributed by atoms with van der Waals surface area (Å²) in [6.45, 7) is 0.296. The molecule has 6 heteroatoms. The van der Waals surface area contributed by atoms with Gasteiger partial charge in [0, 0.05) is 23.1 Å². The van der Waals surface area contributed by atoms with Crippen LogP contribution < -0.4 is 19.5 Å². The molecular formula is C17H19NO4S. The monoisotopic (exact) mass is 333 g/mol. The van der Waals surface area contributed by atoms with Crippen molar-refractivity contribution < 1.29 is 19.0 Å². The van der Waals surface area contributed by atoms with E-state index in [1.165, 1.54) is 6.08 Å². The highest BCUT2D eigenvalue weighted by atomic mass is 32.1. The van der Waals surface area contributed by atoms with Crippen molar-refractivity contribution in [1.29, 1.82) is 0 Å². The first-order valence-electron chi connectivity index (χ1n) is 6.96. The fourth-order valence-electron chi connectivity index (χ4n) is 2.03. The quantitative estimate of drug-likeness (QED) is 0.791. The van der Waals surface area contributed by atoms with Crippen molar-refractivity contribution in [2.75, 3.05) is 21.3 Å². The molecule has 0 radical (unpaired) electrons. The van der Waals surface area contributed by atoms with Gasteiger partial charge in [-0.3, -0.25) is 4.79 Å². The Kier molecular flexibility index (Phi) is 6.05. The SMILES string of the molecule is COc1cc(OC)c(CNC(=O)C=Cc2cccs2)c(OC)c1. The molecule has 1 amide bonds. The average molecular weight is 333 g/mol. The molecular weight excluding hydrogens is 314 g/mol. The first-order valence-corrected chi connectivity index (χ1v) is 7.84. The second kappa shape index (κ2) is 8.24. The van der Waals surface area contributed by atoms with E-state index < -0.39 is 0 Å². The van der Waals surface area contributed by atoms with Gasteiger partial charge in [0.1, 0.15) is 17.2 Å². The van der Waals surface area contributed by atoms with E-state index in [-0.39, 0.29) is 5.91 Å². The van der Waals surface area contributed by atoms with Crippen LogP contribution in [-0.2, 0) is 11.3 Å². The number of rotatable bonds is 7. The number of amides is 1. The largest absolute Gasteiger partial charge is 0.496 e. The van der Waals surface area contributed by atoms with Crippen LogP contribution in [0.15, 0.2) is 35.7 Å². The van der Waals surface area contributed by atoms with Gasteiger partial charge in [0.15, 0.2) is 0 Å². The van der Waals surface area contributed by atoms with E-state index in [1.54, 1.807) is 50.9 Å². The highest BCUT2D eigenvalue weighted by Gasteiger charge is 2.13. The zero-order valence-electron chi connectivity index (χ0n) is 13.3. The molecule has 0 bridgehead atoms. The first kappa shape index (κ1) is 16.9. The Balaban J connectivity index is 2.08. The molecule has 0 fully saturated rings. The molecule has 1 aromatic carbocycles. The molecule has 1 N–H and O–H groups in total. The fraction of sp³-hybridized carbons (Fsp3) is 0.235. The number of hydrogen-bond donors (Lipinski definition) is 1. The summed E-state index contributed by atoms with van der Waals surface area (Å²) in [6.07, 6.45) is 3.29. The van der Waals surface area contributed by atoms with Crippen LogP contribution in [0, 0.1) is 0 Å². The minimum atomic E-state index is -0.182. The molecule has 1 aromatic heterocycles. The molecule has 23 heavy (non-hydrogen) atoms. The fourth-order valence-corrected chi connectivity index (χ4v) is 2.65. The third-order valence-corrected chi connectivity index (χ3v) is 4.04. The average Bonchev–Trinajstić information content (AvgIpc) is 3.10. The molecule has 0 saturated carbocycles. The van der Waals surface area contributed by atoms with E-state index in [2.05, 4.69) is 5.32 Å². The van der Waals surface area contributed by atoms with Gasteiger partial charge in [-0.15, -0.1) is 11.3 Å². The minimum Gasteiger partial charge on any atom is -0.496 e. The standard InChI is InChI=1S/C17H19NO4S/c1-20-12-9-15(21-2)14(16(10-12)22-3)11-18-17(19)7-6-13-5-4-8-23-13/h4-10H,11H2,1-3H3,(H,18,19). The number of carbonyl (C=O) groups is 1. The maximum absolute atomic E-state index is 11.9. The number of carbonyl (C=O) groups excluding carboxylic acids is 1. The summed E-state index contributed by atoms with van der Waals surface area (Å²) in [7, 11) is 4.71. The van der Waals surface area contributed by atoms with Gasteiger partial charge in [-0.05, 0) is 17.5 Å². The lowest BCUT2D eigenvalue weighted by atomic mass is 10.1. The Labute approximate surface area is 139 Å². The van der Waals surface area contributed by atoms with Gasteiger partial charge >= 0.3 is 0 Å². The zero-order valence-corrected chi connectivity index (χ0v) is 14.1. The van der Waals surface area contributed by atoms with E-state index >= 15 is 0 Å². The van der Waals surface area contributed by atoms with Crippen molar-refractivity contribution >= 4 is 23.3 Å². The summed E-state index contributed by atoms with van der Waals surface area (Å²) in [5, 5.41) is 4.79. The van der Waals surface area contributed by atoms with Gasteiger partial charge in [-0.1, -0.05) is 6.07 Å². The summed E-state index contributed by atoms with van der Waals surface area (Å²) in [5.74, 6) is 1.65. The van der Waals surface area contributed by atoms with E-state index in [0.29, 0.717) is 23.8 Å². The summed E-state index contributed by atoms with van der Waals surface area (Å²) in [5.41, 5.74) is 0.758. The molecule has 0 aliphatic rings. The Morgan fingerprint density at radius 2 is 1.87 bits per heavy atom. The maximum Gasteiger partial charge on any atom is 0.244 e. The van der Waals surface area contributed by atoms with Crippen molar-refractivity contribution in [3.63, 3.8) is 0 Å². The first-order chi connectivity index (χ1) is 11.2. The molecule has 1 heterocycles. The predicted octanol–water partition coefficient (Wildman–Crippen LogP) is 3.10. The number of ether oxygens (including phenoxy) is 3. The van der Waals surface area contributed by atoms with Crippen LogP contribution in [0.25, 0.3) is 6.08 Å². The van der Waals surface area contributed by atoms with E-state index in [9.17, 15) is 4.79 Å². The van der Waals surface area contributed by atoms with Gasteiger partial charge < -0.3 is 19.5 Å². The molecule has 2 rings (SSSR count). The summed E-state index contributed by atoms with van der Waals surface area (Å²) >= 11 is 1.57. The van der Waals surface area contributed by atoms with E-state index in [0.717, 1.165) is 10.4 Å². The van der Waals surface area contributed by atoms with Crippen molar-refractivity contribution in [2.45, 2.75) is 6.54 Å². The molecule has 0 aliphatic carbocycles. The summed E-state index contributed by atoms with van der Waals surface area (Å²) < 4.78 is 15.9. The lowest BCUT2D eigenvalue weighted by molar-refractivity contribution is -0.116. The van der Waals surface area contributed by atoms with Gasteiger partial charge in [-0.25, -0.2) is 0 Å². The lowest BCUT2D eigenvalue weighted by Gasteiger charge is -2.15. The maximum atomic E-state index is 11.9. The molecule has 0 unspecified atom stereocenters. The number of benzene rings is 1. The minimum absolute atomic E-state index is 0.182. The summed E-state index contributed by atoms with van der Waals surface area (Å²) in [4.78, 5) is 13.0. The van der Waals surface area contributed by atoms with E-state index in [1.807, 2.05) is 17.5 Å². The van der Waals surface area contributed by atoms with Crippen LogP contribution in [0.5, 0.6) is 17.2 Å². The second-order valence-corrected chi connectivity index (χ2v) is 5.56. The molecule has 0 spiro atoms. The normalized spacial score (nSPS) is 10.6. The van der Waals surface area contributed by atoms with Crippen molar-refractivity contribution in [2.24, 2.45) is 0 Å². The predicted molar refractivity (Wildman–Crippen MR) is 91.3 cm³/mol. The number of methoxy groups -OCH3 is 3. The molecule has 0 saturated heterocycles. The van der Waals surface area contributed by atoms with Crippen molar-refractivity contribution in [3.05, 3.63) is 46.2 Å². The number of nitrogens with one attached hydrogen (secondary N) is 1. The highest BCUT2D eigenvalue weighted by molar-refractivity contribution is 7.10. The number of hydrogen-bond acceptors (Lipinski definition) is 5. The van der Waals surface area contributed by atoms with Crippen LogP contribution >= 0.6 is 11.3 Å². The smallest absolute Gasteiger partial charge is 0.244 e. The molecule has 0 atom stereocenters. The van der Waals surface area contributed by atoms with Crippen molar-refractivity contribution in [3.8, 4) is 17.2 Å². The second-order valence-electron chi connectivity index (χ2n) is 4.58. The Hall–Kier alpha value is -2.47. The Bertz CT molecular complexity index is 655. The third-order valence-electron chi connectivity index (χ3n) is 3.20. The van der Waals surface area contributed by atoms with Crippen LogP contribution in [0.4, 0.5) is 0 Å². The van der Waals surface area contributed by atoms with Gasteiger partial charge in [0.25, 0.3) is 0 Å². The molecule has 122 valence electrons. The van der Waals surface area contributed by atoms with Gasteiger partial charge in [0.05, 0.1) is 33.4 Å². The van der Waals surface area contributed by atoms with Crippen molar-refractivity contribution in [1.82, 2.24) is 5.32 Å². The van der Waals surface area contributed by atoms with Gasteiger partial charge in [0.2, 0.25) is 5.91 Å². The van der Waals surface area contributed by atoms with Crippen LogP contribution in [0.1, 0.15) is 10.4 Å². The Morgan fingerprint density at radius 3 is 2.39 bits per heavy atom. The number of thiophene rings is 1. The molecule has 2 aromatic rings. The zero-order chi connectivity index (χ0) is 16.7. The topological polar surface area (TPSA) is 56.8 Å². The van der Waals surface area contributed by atoms with E-state index in [4.69, 9.17) is 14.2 Å². The van der Waals surface area contributed by atoms with Crippen LogP contribution in [0.3, 0.4) is 0 Å². The molecule has 5 nitrogen and oxygen atoms in total. The lowest BCUT2D eigenvalue weighted by Crippen LogP contribution is -2.21. The molecule has 0 aliphatic heterocycles.